The van der Waals surface area contributed by atoms with E-state index >= 15 is 0 Å². The Kier molecular flexibility index (Phi) is 5.22. The second-order valence-corrected chi connectivity index (χ2v) is 6.86. The van der Waals surface area contributed by atoms with Gasteiger partial charge in [-0.3, -0.25) is 0 Å². The van der Waals surface area contributed by atoms with E-state index in [1.165, 1.54) is 6.42 Å². The van der Waals surface area contributed by atoms with Crippen molar-refractivity contribution in [2.24, 2.45) is 0 Å². The predicted molar refractivity (Wildman–Crippen MR) is 94.9 cm³/mol. The van der Waals surface area contributed by atoms with Gasteiger partial charge in [0.25, 0.3) is 0 Å². The van der Waals surface area contributed by atoms with E-state index in [2.05, 4.69) is 34.0 Å². The Morgan fingerprint density at radius 1 is 1.52 bits per heavy atom. The molecular weight excluding hydrogens is 355 g/mol. The normalized spacial score (nSPS) is 18.4. The molecule has 1 aromatic heterocycles. The first-order valence-corrected chi connectivity index (χ1v) is 8.89. The van der Waals surface area contributed by atoms with Gasteiger partial charge in [0.15, 0.2) is 6.23 Å². The highest BCUT2D eigenvalue weighted by Gasteiger charge is 2.21. The van der Waals surface area contributed by atoms with Crippen LogP contribution in [0.5, 0.6) is 0 Å². The number of carbonyl (C=O) groups is 1. The van der Waals surface area contributed by atoms with E-state index in [1.54, 1.807) is 0 Å². The summed E-state index contributed by atoms with van der Waals surface area (Å²) in [5.74, 6) is 0.0858. The van der Waals surface area contributed by atoms with Gasteiger partial charge in [0, 0.05) is 22.9 Å². The monoisotopic (exact) mass is 374 g/mol. The number of rotatable bonds is 5. The Bertz CT molecular complexity index is 723. The third kappa shape index (κ3) is 3.38. The lowest BCUT2D eigenvalue weighted by Gasteiger charge is -2.23. The largest absolute Gasteiger partial charge is 0.356 e. The van der Waals surface area contributed by atoms with Crippen molar-refractivity contribution >= 4 is 40.5 Å². The Labute approximate surface area is 146 Å². The maximum Gasteiger partial charge on any atom is 0.150 e. The minimum atomic E-state index is 0.0252. The van der Waals surface area contributed by atoms with Crippen LogP contribution in [0.3, 0.4) is 0 Å². The summed E-state index contributed by atoms with van der Waals surface area (Å²) in [5.41, 5.74) is 3.39. The van der Waals surface area contributed by atoms with Gasteiger partial charge in [-0.2, -0.15) is 5.10 Å². The summed E-state index contributed by atoms with van der Waals surface area (Å²) < 4.78 is 8.87. The van der Waals surface area contributed by atoms with Crippen molar-refractivity contribution < 1.29 is 9.53 Å². The molecule has 120 valence electrons. The second-order valence-electron chi connectivity index (χ2n) is 6.07. The number of hydrogen-bond donors (Lipinski definition) is 0. The van der Waals surface area contributed by atoms with Crippen LogP contribution in [-0.2, 0) is 16.0 Å². The highest BCUT2D eigenvalue weighted by Crippen LogP contribution is 2.34. The first-order valence-electron chi connectivity index (χ1n) is 8.10. The fraction of sp³-hybridized carbons (Fsp3) is 0.529. The SMILES string of the molecule is [B]CC(=O)CCc1c(C)cc2c(cnn2C2CCCCO2)c1Br. The van der Waals surface area contributed by atoms with Gasteiger partial charge in [0.1, 0.15) is 5.78 Å². The molecule has 1 saturated heterocycles. The second kappa shape index (κ2) is 7.18. The van der Waals surface area contributed by atoms with Crippen LogP contribution in [-0.4, -0.2) is 30.0 Å². The molecule has 1 atom stereocenters. The molecule has 0 N–H and O–H groups in total. The lowest BCUT2D eigenvalue weighted by Crippen LogP contribution is -2.19. The fourth-order valence-electron chi connectivity index (χ4n) is 3.13. The molecular formula is C17H20BBrN2O2. The van der Waals surface area contributed by atoms with Crippen LogP contribution < -0.4 is 0 Å². The molecule has 6 heteroatoms. The van der Waals surface area contributed by atoms with Crippen LogP contribution in [0, 0.1) is 6.92 Å². The van der Waals surface area contributed by atoms with Gasteiger partial charge in [0.2, 0.25) is 0 Å². The number of hydrogen-bond acceptors (Lipinski definition) is 3. The van der Waals surface area contributed by atoms with Crippen LogP contribution in [0.15, 0.2) is 16.7 Å². The lowest BCUT2D eigenvalue weighted by atomic mass is 9.94. The Morgan fingerprint density at radius 3 is 3.04 bits per heavy atom. The zero-order chi connectivity index (χ0) is 16.4. The van der Waals surface area contributed by atoms with E-state index in [0.717, 1.165) is 46.0 Å². The van der Waals surface area contributed by atoms with E-state index in [0.29, 0.717) is 12.8 Å². The molecule has 2 heterocycles. The number of ketones is 1. The molecule has 0 aliphatic carbocycles. The molecule has 1 aliphatic heterocycles. The first-order chi connectivity index (χ1) is 11.1. The van der Waals surface area contributed by atoms with Gasteiger partial charge in [-0.05, 0) is 72.1 Å². The third-order valence-corrected chi connectivity index (χ3v) is 5.38. The van der Waals surface area contributed by atoms with E-state index in [9.17, 15) is 4.79 Å². The molecule has 0 saturated carbocycles. The number of fused-ring (bicyclic) bond motifs is 1. The van der Waals surface area contributed by atoms with Crippen molar-refractivity contribution in [1.82, 2.24) is 9.78 Å². The van der Waals surface area contributed by atoms with E-state index in [4.69, 9.17) is 12.6 Å². The number of aryl methyl sites for hydroxylation is 1. The Morgan fingerprint density at radius 2 is 2.35 bits per heavy atom. The maximum atomic E-state index is 11.5. The molecule has 2 aromatic rings. The molecule has 1 unspecified atom stereocenters. The fourth-order valence-corrected chi connectivity index (χ4v) is 3.95. The molecule has 2 radical (unpaired) electrons. The molecule has 1 aliphatic rings. The smallest absolute Gasteiger partial charge is 0.150 e. The summed E-state index contributed by atoms with van der Waals surface area (Å²) in [7, 11) is 5.40. The summed E-state index contributed by atoms with van der Waals surface area (Å²) in [4.78, 5) is 11.5. The van der Waals surface area contributed by atoms with Crippen molar-refractivity contribution in [1.29, 1.82) is 0 Å². The van der Waals surface area contributed by atoms with Crippen LogP contribution >= 0.6 is 15.9 Å². The minimum Gasteiger partial charge on any atom is -0.356 e. The Balaban J connectivity index is 1.95. The quantitative estimate of drug-likeness (QED) is 0.745. The summed E-state index contributed by atoms with van der Waals surface area (Å²) in [5, 5.41) is 5.62. The molecule has 3 rings (SSSR count). The average Bonchev–Trinajstić information content (AvgIpc) is 2.99. The number of aromatic nitrogens is 2. The highest BCUT2D eigenvalue weighted by molar-refractivity contribution is 9.10. The molecule has 0 bridgehead atoms. The van der Waals surface area contributed by atoms with Crippen molar-refractivity contribution in [3.8, 4) is 0 Å². The van der Waals surface area contributed by atoms with Gasteiger partial charge in [-0.25, -0.2) is 4.68 Å². The van der Waals surface area contributed by atoms with Gasteiger partial charge < -0.3 is 9.53 Å². The number of benzene rings is 1. The number of carbonyl (C=O) groups excluding carboxylic acids is 1. The topological polar surface area (TPSA) is 44.1 Å². The summed E-state index contributed by atoms with van der Waals surface area (Å²) >= 11 is 3.71. The molecule has 0 spiro atoms. The number of Topliss-reactive ketones (excluding diaryl/α,β-unsaturated/α-hetero) is 1. The molecule has 0 amide bonds. The van der Waals surface area contributed by atoms with Crippen molar-refractivity contribution in [2.45, 2.75) is 51.6 Å². The predicted octanol–water partition coefficient (Wildman–Crippen LogP) is 3.89. The molecule has 4 nitrogen and oxygen atoms in total. The summed E-state index contributed by atoms with van der Waals surface area (Å²) in [6, 6.07) is 2.15. The van der Waals surface area contributed by atoms with Gasteiger partial charge in [-0.15, -0.1) is 0 Å². The van der Waals surface area contributed by atoms with Crippen molar-refractivity contribution in [3.63, 3.8) is 0 Å². The van der Waals surface area contributed by atoms with Crippen LogP contribution in [0.2, 0.25) is 6.32 Å². The van der Waals surface area contributed by atoms with Crippen molar-refractivity contribution in [2.75, 3.05) is 6.61 Å². The van der Waals surface area contributed by atoms with E-state index in [-0.39, 0.29) is 18.3 Å². The minimum absolute atomic E-state index is 0.0252. The van der Waals surface area contributed by atoms with Crippen LogP contribution in [0.4, 0.5) is 0 Å². The van der Waals surface area contributed by atoms with Crippen LogP contribution in [0.25, 0.3) is 10.9 Å². The number of halogens is 1. The van der Waals surface area contributed by atoms with E-state index in [1.807, 2.05) is 10.9 Å². The van der Waals surface area contributed by atoms with Crippen LogP contribution in [0.1, 0.15) is 43.0 Å². The standard InChI is InChI=1S/C17H20BBrN2O2/c1-11-8-15-14(17(19)13(11)6-5-12(22)9-18)10-20-21(15)16-4-2-3-7-23-16/h8,10,16H,2-7,9H2,1H3. The van der Waals surface area contributed by atoms with E-state index < -0.39 is 0 Å². The zero-order valence-corrected chi connectivity index (χ0v) is 14.9. The van der Waals surface area contributed by atoms with Gasteiger partial charge in [0.05, 0.1) is 19.6 Å². The first kappa shape index (κ1) is 16.7. The van der Waals surface area contributed by atoms with Gasteiger partial charge >= 0.3 is 0 Å². The third-order valence-electron chi connectivity index (χ3n) is 4.47. The highest BCUT2D eigenvalue weighted by atomic mass is 79.9. The zero-order valence-electron chi connectivity index (χ0n) is 13.3. The molecule has 1 fully saturated rings. The summed E-state index contributed by atoms with van der Waals surface area (Å²) in [6.07, 6.45) is 6.48. The number of nitrogens with zero attached hydrogens (tertiary/aromatic N) is 2. The Hall–Kier alpha value is -1.14. The average molecular weight is 375 g/mol. The number of ether oxygens (including phenoxy) is 1. The lowest BCUT2D eigenvalue weighted by molar-refractivity contribution is -0.116. The van der Waals surface area contributed by atoms with Crippen molar-refractivity contribution in [3.05, 3.63) is 27.9 Å². The van der Waals surface area contributed by atoms with Gasteiger partial charge in [-0.1, -0.05) is 0 Å². The molecule has 23 heavy (non-hydrogen) atoms. The summed E-state index contributed by atoms with van der Waals surface area (Å²) in [6.45, 7) is 2.87. The maximum absolute atomic E-state index is 11.5. The molecule has 1 aromatic carbocycles.